The van der Waals surface area contributed by atoms with Crippen molar-refractivity contribution in [2.24, 2.45) is 0 Å². The molecule has 3 aliphatic rings. The van der Waals surface area contributed by atoms with Gasteiger partial charge in [0.2, 0.25) is 5.95 Å². The van der Waals surface area contributed by atoms with Crippen molar-refractivity contribution < 1.29 is 9.13 Å². The van der Waals surface area contributed by atoms with E-state index in [0.29, 0.717) is 46.5 Å². The number of aromatic nitrogens is 3. The molecular formula is C29H30FN7OS. The molecule has 0 spiro atoms. The maximum Gasteiger partial charge on any atom is 0.225 e. The van der Waals surface area contributed by atoms with Gasteiger partial charge in [-0.15, -0.1) is 11.3 Å². The SMILES string of the molecule is CCc1c(-c2ncc(F)c3sc(N)c(C#N)c23)c2c(c3cnc(N4CC[C@@H](N5CCCCC5)C4)nc13)COC2. The molecule has 2 fully saturated rings. The molecule has 200 valence electrons. The van der Waals surface area contributed by atoms with Crippen LogP contribution >= 0.6 is 11.3 Å². The summed E-state index contributed by atoms with van der Waals surface area (Å²) in [6.07, 6.45) is 8.89. The van der Waals surface area contributed by atoms with E-state index < -0.39 is 5.82 Å². The second kappa shape index (κ2) is 9.66. The Labute approximate surface area is 230 Å². The Kier molecular flexibility index (Phi) is 6.10. The van der Waals surface area contributed by atoms with Gasteiger partial charge in [0.15, 0.2) is 5.82 Å². The van der Waals surface area contributed by atoms with E-state index in [1.807, 2.05) is 6.20 Å². The third kappa shape index (κ3) is 3.86. The summed E-state index contributed by atoms with van der Waals surface area (Å²) in [6.45, 7) is 7.21. The number of thiophene rings is 1. The molecule has 4 aromatic rings. The van der Waals surface area contributed by atoms with E-state index in [1.54, 1.807) is 0 Å². The van der Waals surface area contributed by atoms with Crippen LogP contribution in [-0.2, 0) is 24.4 Å². The lowest BCUT2D eigenvalue weighted by Gasteiger charge is -2.32. The summed E-state index contributed by atoms with van der Waals surface area (Å²) in [5.74, 6) is 0.275. The summed E-state index contributed by atoms with van der Waals surface area (Å²) in [5, 5.41) is 11.7. The Morgan fingerprint density at radius 3 is 2.77 bits per heavy atom. The first-order valence-electron chi connectivity index (χ1n) is 13.8. The second-order valence-corrected chi connectivity index (χ2v) is 11.7. The number of benzene rings is 1. The molecule has 2 saturated heterocycles. The minimum atomic E-state index is -0.472. The van der Waals surface area contributed by atoms with Gasteiger partial charge in [-0.25, -0.2) is 14.4 Å². The molecule has 0 saturated carbocycles. The van der Waals surface area contributed by atoms with E-state index in [9.17, 15) is 9.65 Å². The number of hydrogen-bond donors (Lipinski definition) is 1. The zero-order valence-corrected chi connectivity index (χ0v) is 22.8. The fourth-order valence-corrected chi connectivity index (χ4v) is 7.61. The lowest BCUT2D eigenvalue weighted by atomic mass is 9.88. The van der Waals surface area contributed by atoms with Gasteiger partial charge in [0, 0.05) is 41.7 Å². The molecular weight excluding hydrogens is 513 g/mol. The fraction of sp³-hybridized carbons (Fsp3) is 0.448. The number of aryl methyl sites for hydroxylation is 1. The number of ether oxygens (including phenoxy) is 1. The molecule has 0 radical (unpaired) electrons. The first kappa shape index (κ1) is 24.6. The average molecular weight is 544 g/mol. The Bertz CT molecular complexity index is 1660. The van der Waals surface area contributed by atoms with Gasteiger partial charge in [-0.3, -0.25) is 9.88 Å². The first-order chi connectivity index (χ1) is 19.1. The summed E-state index contributed by atoms with van der Waals surface area (Å²) in [6, 6.07) is 2.73. The molecule has 0 amide bonds. The molecule has 6 heterocycles. The fourth-order valence-electron chi connectivity index (χ4n) is 6.69. The number of nitriles is 1. The van der Waals surface area contributed by atoms with Crippen molar-refractivity contribution in [3.05, 3.63) is 40.5 Å². The van der Waals surface area contributed by atoms with Crippen molar-refractivity contribution in [1.29, 1.82) is 5.26 Å². The molecule has 39 heavy (non-hydrogen) atoms. The number of anilines is 2. The van der Waals surface area contributed by atoms with Gasteiger partial charge < -0.3 is 15.4 Å². The van der Waals surface area contributed by atoms with E-state index in [-0.39, 0.29) is 5.56 Å². The largest absolute Gasteiger partial charge is 0.389 e. The molecule has 3 aromatic heterocycles. The number of piperidine rings is 1. The van der Waals surface area contributed by atoms with Crippen molar-refractivity contribution in [3.63, 3.8) is 0 Å². The highest BCUT2D eigenvalue weighted by Crippen LogP contribution is 2.45. The molecule has 0 bridgehead atoms. The average Bonchev–Trinajstić information content (AvgIpc) is 3.72. The number of rotatable bonds is 4. The summed E-state index contributed by atoms with van der Waals surface area (Å²) < 4.78 is 21.1. The normalized spacial score (nSPS) is 19.7. The number of halogens is 1. The number of likely N-dealkylation sites (tertiary alicyclic amines) is 1. The Balaban J connectivity index is 1.39. The quantitative estimate of drug-likeness (QED) is 0.377. The van der Waals surface area contributed by atoms with E-state index in [0.717, 1.165) is 70.0 Å². The summed E-state index contributed by atoms with van der Waals surface area (Å²) >= 11 is 1.09. The van der Waals surface area contributed by atoms with Crippen LogP contribution in [-0.4, -0.2) is 52.1 Å². The topological polar surface area (TPSA) is 104 Å². The molecule has 1 atom stereocenters. The Morgan fingerprint density at radius 2 is 1.97 bits per heavy atom. The monoisotopic (exact) mass is 543 g/mol. The minimum Gasteiger partial charge on any atom is -0.389 e. The van der Waals surface area contributed by atoms with Gasteiger partial charge in [-0.05, 0) is 55.5 Å². The van der Waals surface area contributed by atoms with Crippen molar-refractivity contribution in [2.75, 3.05) is 36.8 Å². The summed E-state index contributed by atoms with van der Waals surface area (Å²) in [4.78, 5) is 19.5. The summed E-state index contributed by atoms with van der Waals surface area (Å²) in [5.41, 5.74) is 11.8. The first-order valence-corrected chi connectivity index (χ1v) is 14.6. The Morgan fingerprint density at radius 1 is 1.15 bits per heavy atom. The van der Waals surface area contributed by atoms with Crippen LogP contribution in [0.4, 0.5) is 15.3 Å². The van der Waals surface area contributed by atoms with Gasteiger partial charge >= 0.3 is 0 Å². The highest BCUT2D eigenvalue weighted by molar-refractivity contribution is 7.23. The number of nitrogen functional groups attached to an aromatic ring is 1. The van der Waals surface area contributed by atoms with Gasteiger partial charge in [0.25, 0.3) is 0 Å². The van der Waals surface area contributed by atoms with Crippen LogP contribution in [0.25, 0.3) is 32.2 Å². The molecule has 2 N–H and O–H groups in total. The van der Waals surface area contributed by atoms with Crippen LogP contribution in [0.1, 0.15) is 54.9 Å². The van der Waals surface area contributed by atoms with Crippen LogP contribution in [0.2, 0.25) is 0 Å². The van der Waals surface area contributed by atoms with E-state index in [1.165, 1.54) is 38.5 Å². The minimum absolute atomic E-state index is 0.274. The molecule has 10 heteroatoms. The summed E-state index contributed by atoms with van der Waals surface area (Å²) in [7, 11) is 0. The van der Waals surface area contributed by atoms with E-state index in [2.05, 4.69) is 27.8 Å². The molecule has 0 aliphatic carbocycles. The standard InChI is InChI=1S/C29H30FN7OS/c1-2-17-23(26-24-18(10-31)28(32)39-27(24)22(30)12-33-26)21-15-38-14-20(21)19-11-34-29(35-25(17)19)37-9-6-16(13-37)36-7-4-3-5-8-36/h11-12,16H,2-9,13-15,32H2,1H3/t16-/m1/s1. The highest BCUT2D eigenvalue weighted by Gasteiger charge is 2.32. The van der Waals surface area contributed by atoms with Crippen molar-refractivity contribution in [2.45, 2.75) is 58.3 Å². The van der Waals surface area contributed by atoms with E-state index in [4.69, 9.17) is 20.4 Å². The van der Waals surface area contributed by atoms with Gasteiger partial charge in [-0.1, -0.05) is 13.3 Å². The predicted molar refractivity (Wildman–Crippen MR) is 151 cm³/mol. The molecule has 7 rings (SSSR count). The van der Waals surface area contributed by atoms with Crippen molar-refractivity contribution >= 4 is 43.3 Å². The number of pyridine rings is 1. The Hall–Kier alpha value is -3.39. The third-order valence-corrected chi connectivity index (χ3v) is 9.63. The van der Waals surface area contributed by atoms with E-state index >= 15 is 0 Å². The van der Waals surface area contributed by atoms with Crippen LogP contribution < -0.4 is 10.6 Å². The number of fused-ring (bicyclic) bond motifs is 4. The maximum absolute atomic E-state index is 14.8. The van der Waals surface area contributed by atoms with Crippen molar-refractivity contribution in [1.82, 2.24) is 19.9 Å². The second-order valence-electron chi connectivity index (χ2n) is 10.7. The van der Waals surface area contributed by atoms with Gasteiger partial charge in [-0.2, -0.15) is 5.26 Å². The van der Waals surface area contributed by atoms with Gasteiger partial charge in [0.05, 0.1) is 40.9 Å². The molecule has 1 aromatic carbocycles. The molecule has 3 aliphatic heterocycles. The van der Waals surface area contributed by atoms with Crippen LogP contribution in [0, 0.1) is 17.1 Å². The number of nitrogens with zero attached hydrogens (tertiary/aromatic N) is 6. The van der Waals surface area contributed by atoms with Gasteiger partial charge in [0.1, 0.15) is 11.1 Å². The molecule has 8 nitrogen and oxygen atoms in total. The lowest BCUT2D eigenvalue weighted by molar-refractivity contribution is 0.135. The predicted octanol–water partition coefficient (Wildman–Crippen LogP) is 5.16. The zero-order valence-electron chi connectivity index (χ0n) is 22.0. The number of hydrogen-bond acceptors (Lipinski definition) is 9. The zero-order chi connectivity index (χ0) is 26.7. The lowest BCUT2D eigenvalue weighted by Crippen LogP contribution is -2.41. The molecule has 0 unspecified atom stereocenters. The number of nitrogens with two attached hydrogens (primary N) is 1. The third-order valence-electron chi connectivity index (χ3n) is 8.60. The van der Waals surface area contributed by atoms with Crippen LogP contribution in [0.15, 0.2) is 12.4 Å². The van der Waals surface area contributed by atoms with Crippen molar-refractivity contribution in [3.8, 4) is 17.3 Å². The van der Waals surface area contributed by atoms with Crippen LogP contribution in [0.5, 0.6) is 0 Å². The highest BCUT2D eigenvalue weighted by atomic mass is 32.1. The smallest absolute Gasteiger partial charge is 0.225 e. The maximum atomic E-state index is 14.8. The van der Waals surface area contributed by atoms with Crippen LogP contribution in [0.3, 0.4) is 0 Å².